The Hall–Kier alpha value is -4.88. The average molecular weight is 465 g/mol. The van der Waals surface area contributed by atoms with Crippen molar-refractivity contribution in [2.24, 2.45) is 5.10 Å². The topological polar surface area (TPSA) is 185 Å². The smallest absolute Gasteiger partial charge is 0.270 e. The zero-order chi connectivity index (χ0) is 24.1. The molecule has 1 aliphatic heterocycles. The zero-order valence-corrected chi connectivity index (χ0v) is 17.7. The lowest BCUT2D eigenvalue weighted by Crippen LogP contribution is -2.21. The van der Waals surface area contributed by atoms with E-state index in [1.807, 2.05) is 4.90 Å². The number of phenolic OH excluding ortho intramolecular Hbond substituents is 1. The van der Waals surface area contributed by atoms with Gasteiger partial charge in [0.05, 0.1) is 16.1 Å². The molecule has 0 bridgehead atoms. The van der Waals surface area contributed by atoms with Crippen molar-refractivity contribution in [3.05, 3.63) is 68.3 Å². The Kier molecular flexibility index (Phi) is 6.38. The molecule has 34 heavy (non-hydrogen) atoms. The van der Waals surface area contributed by atoms with E-state index < -0.39 is 9.85 Å². The molecule has 0 atom stereocenters. The Bertz CT molecular complexity index is 1240. The highest BCUT2D eigenvalue weighted by atomic mass is 16.6. The first-order chi connectivity index (χ1) is 16.4. The molecule has 1 aliphatic rings. The van der Waals surface area contributed by atoms with Gasteiger partial charge in [0.15, 0.2) is 0 Å². The Labute approximate surface area is 192 Å². The van der Waals surface area contributed by atoms with E-state index in [2.05, 4.69) is 30.8 Å². The van der Waals surface area contributed by atoms with Crippen LogP contribution in [0.1, 0.15) is 18.4 Å². The summed E-state index contributed by atoms with van der Waals surface area (Å²) in [4.78, 5) is 35.8. The van der Waals surface area contributed by atoms with E-state index in [4.69, 9.17) is 0 Å². The minimum atomic E-state index is -0.575. The van der Waals surface area contributed by atoms with Crippen LogP contribution in [0.4, 0.5) is 34.9 Å². The quantitative estimate of drug-likeness (QED) is 0.252. The number of hydrogen-bond acceptors (Lipinski definition) is 12. The highest BCUT2D eigenvalue weighted by molar-refractivity contribution is 5.84. The molecule has 0 saturated carbocycles. The minimum absolute atomic E-state index is 0.0416. The Balaban J connectivity index is 1.57. The summed E-state index contributed by atoms with van der Waals surface area (Å²) in [7, 11) is 0. The van der Waals surface area contributed by atoms with Crippen LogP contribution in [0.25, 0.3) is 0 Å². The van der Waals surface area contributed by atoms with Crippen molar-refractivity contribution < 1.29 is 15.0 Å². The number of rotatable bonds is 8. The lowest BCUT2D eigenvalue weighted by molar-refractivity contribution is -0.385. The van der Waals surface area contributed by atoms with Gasteiger partial charge in [-0.15, -0.1) is 0 Å². The summed E-state index contributed by atoms with van der Waals surface area (Å²) in [5, 5.41) is 38.7. The average Bonchev–Trinajstić information content (AvgIpc) is 3.35. The number of nitrogens with one attached hydrogen (secondary N) is 2. The number of nitro benzene ring substituents is 2. The number of anilines is 4. The molecule has 4 rings (SSSR count). The van der Waals surface area contributed by atoms with Crippen molar-refractivity contribution in [2.75, 3.05) is 28.7 Å². The summed E-state index contributed by atoms with van der Waals surface area (Å²) < 4.78 is 0. The summed E-state index contributed by atoms with van der Waals surface area (Å²) in [6.07, 6.45) is 3.22. The van der Waals surface area contributed by atoms with Crippen molar-refractivity contribution in [1.29, 1.82) is 0 Å². The molecule has 3 N–H and O–H groups in total. The molecule has 14 nitrogen and oxygen atoms in total. The first-order valence-corrected chi connectivity index (χ1v) is 10.2. The minimum Gasteiger partial charge on any atom is -0.507 e. The first kappa shape index (κ1) is 22.3. The van der Waals surface area contributed by atoms with Gasteiger partial charge in [0.1, 0.15) is 5.75 Å². The molecule has 14 heteroatoms. The summed E-state index contributed by atoms with van der Waals surface area (Å²) in [5.41, 5.74) is 3.10. The van der Waals surface area contributed by atoms with Gasteiger partial charge in [0.25, 0.3) is 11.4 Å². The summed E-state index contributed by atoms with van der Waals surface area (Å²) in [5.74, 6) is 0.544. The predicted molar refractivity (Wildman–Crippen MR) is 124 cm³/mol. The van der Waals surface area contributed by atoms with E-state index in [9.17, 15) is 25.3 Å². The monoisotopic (exact) mass is 465 g/mol. The molecule has 1 fully saturated rings. The van der Waals surface area contributed by atoms with E-state index in [-0.39, 0.29) is 34.6 Å². The van der Waals surface area contributed by atoms with Crippen LogP contribution in [0.2, 0.25) is 0 Å². The summed E-state index contributed by atoms with van der Waals surface area (Å²) in [6.45, 7) is 1.57. The molecule has 0 radical (unpaired) electrons. The second-order valence-electron chi connectivity index (χ2n) is 7.28. The van der Waals surface area contributed by atoms with Crippen LogP contribution in [-0.2, 0) is 0 Å². The maximum absolute atomic E-state index is 11.0. The first-order valence-electron chi connectivity index (χ1n) is 10.2. The summed E-state index contributed by atoms with van der Waals surface area (Å²) in [6, 6.07) is 9.37. The molecule has 174 valence electrons. The molecule has 0 unspecified atom stereocenters. The molecular formula is C20H19N9O5. The Morgan fingerprint density at radius 3 is 2.26 bits per heavy atom. The molecule has 0 aliphatic carbocycles. The molecular weight excluding hydrogens is 446 g/mol. The van der Waals surface area contributed by atoms with E-state index >= 15 is 0 Å². The lowest BCUT2D eigenvalue weighted by atomic mass is 10.2. The van der Waals surface area contributed by atoms with Crippen LogP contribution in [0, 0.1) is 20.2 Å². The van der Waals surface area contributed by atoms with Crippen molar-refractivity contribution in [1.82, 2.24) is 15.0 Å². The zero-order valence-electron chi connectivity index (χ0n) is 17.7. The number of non-ortho nitro benzene ring substituents is 2. The largest absolute Gasteiger partial charge is 0.507 e. The molecule has 0 spiro atoms. The van der Waals surface area contributed by atoms with Gasteiger partial charge in [0, 0.05) is 48.6 Å². The second-order valence-corrected chi connectivity index (χ2v) is 7.28. The lowest BCUT2D eigenvalue weighted by Gasteiger charge is -2.16. The fraction of sp³-hybridized carbons (Fsp3) is 0.200. The number of hydrogen-bond donors (Lipinski definition) is 3. The molecule has 2 heterocycles. The SMILES string of the molecule is O=[N+]([O-])c1ccc(Nc2nc(N/N=C/c3cc([N+](=O)[O-])ccc3O)nc(N3CCCC3)n2)cc1. The third-order valence-corrected chi connectivity index (χ3v) is 4.94. The Morgan fingerprint density at radius 1 is 0.941 bits per heavy atom. The van der Waals surface area contributed by atoms with Gasteiger partial charge in [-0.1, -0.05) is 0 Å². The molecule has 2 aromatic carbocycles. The predicted octanol–water partition coefficient (Wildman–Crippen LogP) is 3.18. The van der Waals surface area contributed by atoms with Crippen LogP contribution in [0.3, 0.4) is 0 Å². The molecule has 1 aromatic heterocycles. The van der Waals surface area contributed by atoms with Gasteiger partial charge < -0.3 is 15.3 Å². The fourth-order valence-corrected chi connectivity index (χ4v) is 3.24. The van der Waals surface area contributed by atoms with Crippen LogP contribution >= 0.6 is 0 Å². The van der Waals surface area contributed by atoms with Crippen LogP contribution in [-0.4, -0.2) is 49.2 Å². The van der Waals surface area contributed by atoms with Gasteiger partial charge in [-0.2, -0.15) is 20.1 Å². The normalized spacial score (nSPS) is 13.2. The third-order valence-electron chi connectivity index (χ3n) is 4.94. The number of aromatic nitrogens is 3. The number of aromatic hydroxyl groups is 1. The van der Waals surface area contributed by atoms with Crippen molar-refractivity contribution >= 4 is 41.1 Å². The van der Waals surface area contributed by atoms with Crippen molar-refractivity contribution in [3.8, 4) is 5.75 Å². The van der Waals surface area contributed by atoms with E-state index in [0.717, 1.165) is 25.9 Å². The number of benzene rings is 2. The second kappa shape index (κ2) is 9.72. The van der Waals surface area contributed by atoms with E-state index in [1.54, 1.807) is 0 Å². The third kappa shape index (κ3) is 5.29. The molecule has 3 aromatic rings. The van der Waals surface area contributed by atoms with Crippen molar-refractivity contribution in [3.63, 3.8) is 0 Å². The highest BCUT2D eigenvalue weighted by Gasteiger charge is 2.18. The van der Waals surface area contributed by atoms with Crippen LogP contribution in [0.15, 0.2) is 47.6 Å². The number of hydrazone groups is 1. The molecule has 1 saturated heterocycles. The highest BCUT2D eigenvalue weighted by Crippen LogP contribution is 2.23. The number of nitrogens with zero attached hydrogens (tertiary/aromatic N) is 7. The van der Waals surface area contributed by atoms with Gasteiger partial charge in [0.2, 0.25) is 17.8 Å². The van der Waals surface area contributed by atoms with Crippen LogP contribution in [0.5, 0.6) is 5.75 Å². The number of phenols is 1. The maximum Gasteiger partial charge on any atom is 0.270 e. The fourth-order valence-electron chi connectivity index (χ4n) is 3.24. The van der Waals surface area contributed by atoms with Crippen molar-refractivity contribution in [2.45, 2.75) is 12.8 Å². The van der Waals surface area contributed by atoms with Gasteiger partial charge in [-0.25, -0.2) is 5.43 Å². The standard InChI is InChI=1S/C20H19N9O5/c30-17-8-7-16(29(33)34)11-13(17)12-21-26-19-23-18(24-20(25-19)27-9-1-2-10-27)22-14-3-5-15(6-4-14)28(31)32/h3-8,11-12,30H,1-2,9-10H2,(H2,22,23,24,25,26)/b21-12+. The number of nitro groups is 2. The van der Waals surface area contributed by atoms with E-state index in [1.165, 1.54) is 48.7 Å². The molecule has 0 amide bonds. The van der Waals surface area contributed by atoms with Gasteiger partial charge in [-0.05, 0) is 31.0 Å². The maximum atomic E-state index is 11.0. The Morgan fingerprint density at radius 2 is 1.59 bits per heavy atom. The van der Waals surface area contributed by atoms with Gasteiger partial charge >= 0.3 is 0 Å². The van der Waals surface area contributed by atoms with Crippen LogP contribution < -0.4 is 15.6 Å². The van der Waals surface area contributed by atoms with E-state index in [0.29, 0.717) is 11.6 Å². The summed E-state index contributed by atoms with van der Waals surface area (Å²) >= 11 is 0. The van der Waals surface area contributed by atoms with Gasteiger partial charge in [-0.3, -0.25) is 20.2 Å².